The summed E-state index contributed by atoms with van der Waals surface area (Å²) in [5, 5.41) is 3.14. The van der Waals surface area contributed by atoms with E-state index in [1.165, 1.54) is 11.3 Å². The third-order valence-corrected chi connectivity index (χ3v) is 7.82. The second-order valence-electron chi connectivity index (χ2n) is 9.63. The molecule has 35 heavy (non-hydrogen) atoms. The molecular weight excluding hydrogens is 462 g/mol. The summed E-state index contributed by atoms with van der Waals surface area (Å²) in [6.45, 7) is 6.59. The maximum atomic E-state index is 13.3. The van der Waals surface area contributed by atoms with Gasteiger partial charge in [0, 0.05) is 43.0 Å². The maximum Gasteiger partial charge on any atom is 0.265 e. The lowest BCUT2D eigenvalue weighted by Gasteiger charge is -2.33. The number of thiophene rings is 1. The molecule has 8 heteroatoms. The van der Waals surface area contributed by atoms with Crippen molar-refractivity contribution in [1.29, 1.82) is 0 Å². The van der Waals surface area contributed by atoms with Gasteiger partial charge < -0.3 is 19.9 Å². The first-order valence-electron chi connectivity index (χ1n) is 12.6. The van der Waals surface area contributed by atoms with Crippen LogP contribution in [0.4, 0.5) is 0 Å². The molecule has 1 aromatic heterocycles. The third kappa shape index (κ3) is 6.42. The SMILES string of the molecule is CC(C)C(=O)N1CCC(NC(=O)c2sc(-c3ccccc3)cc2OCC(=O)N2CCCCC2)CC1. The monoisotopic (exact) mass is 497 g/mol. The number of benzene rings is 1. The van der Waals surface area contributed by atoms with E-state index in [0.29, 0.717) is 23.7 Å². The quantitative estimate of drug-likeness (QED) is 0.622. The molecule has 7 nitrogen and oxygen atoms in total. The number of ether oxygens (including phenoxy) is 1. The average molecular weight is 498 g/mol. The fourth-order valence-electron chi connectivity index (χ4n) is 4.62. The molecule has 2 fully saturated rings. The van der Waals surface area contributed by atoms with Crippen molar-refractivity contribution in [3.63, 3.8) is 0 Å². The smallest absolute Gasteiger partial charge is 0.265 e. The predicted octanol–water partition coefficient (Wildman–Crippen LogP) is 4.18. The van der Waals surface area contributed by atoms with E-state index in [4.69, 9.17) is 4.74 Å². The molecule has 188 valence electrons. The molecule has 0 radical (unpaired) electrons. The van der Waals surface area contributed by atoms with Crippen LogP contribution >= 0.6 is 11.3 Å². The Labute approximate surface area is 211 Å². The van der Waals surface area contributed by atoms with Gasteiger partial charge in [-0.05, 0) is 43.7 Å². The van der Waals surface area contributed by atoms with Crippen LogP contribution in [0.3, 0.4) is 0 Å². The Morgan fingerprint density at radius 2 is 1.69 bits per heavy atom. The number of likely N-dealkylation sites (tertiary alicyclic amines) is 2. The molecule has 0 atom stereocenters. The zero-order chi connectivity index (χ0) is 24.8. The number of nitrogens with one attached hydrogen (secondary N) is 1. The number of nitrogens with zero attached hydrogens (tertiary/aromatic N) is 2. The highest BCUT2D eigenvalue weighted by molar-refractivity contribution is 7.17. The average Bonchev–Trinajstić information content (AvgIpc) is 3.33. The number of carbonyl (C=O) groups excluding carboxylic acids is 3. The van der Waals surface area contributed by atoms with Gasteiger partial charge in [-0.1, -0.05) is 44.2 Å². The van der Waals surface area contributed by atoms with Gasteiger partial charge in [0.15, 0.2) is 6.61 Å². The van der Waals surface area contributed by atoms with Crippen molar-refractivity contribution in [2.45, 2.75) is 52.0 Å². The summed E-state index contributed by atoms with van der Waals surface area (Å²) in [4.78, 5) is 43.3. The van der Waals surface area contributed by atoms with Crippen molar-refractivity contribution in [3.8, 4) is 16.2 Å². The van der Waals surface area contributed by atoms with Crippen LogP contribution in [0.2, 0.25) is 0 Å². The zero-order valence-electron chi connectivity index (χ0n) is 20.6. The van der Waals surface area contributed by atoms with E-state index in [9.17, 15) is 14.4 Å². The van der Waals surface area contributed by atoms with Gasteiger partial charge in [-0.2, -0.15) is 0 Å². The van der Waals surface area contributed by atoms with Gasteiger partial charge in [0.2, 0.25) is 5.91 Å². The molecule has 3 heterocycles. The molecule has 1 aromatic carbocycles. The zero-order valence-corrected chi connectivity index (χ0v) is 21.4. The van der Waals surface area contributed by atoms with Gasteiger partial charge in [-0.25, -0.2) is 0 Å². The second-order valence-corrected chi connectivity index (χ2v) is 10.7. The Hall–Kier alpha value is -2.87. The first kappa shape index (κ1) is 25.2. The molecule has 1 N–H and O–H groups in total. The number of rotatable bonds is 7. The molecule has 2 saturated heterocycles. The molecule has 0 bridgehead atoms. The Kier molecular flexibility index (Phi) is 8.44. The van der Waals surface area contributed by atoms with Crippen LogP contribution in [-0.4, -0.2) is 66.3 Å². The largest absolute Gasteiger partial charge is 0.482 e. The highest BCUT2D eigenvalue weighted by atomic mass is 32.1. The summed E-state index contributed by atoms with van der Waals surface area (Å²) >= 11 is 1.38. The topological polar surface area (TPSA) is 79.0 Å². The van der Waals surface area contributed by atoms with E-state index >= 15 is 0 Å². The first-order chi connectivity index (χ1) is 16.9. The van der Waals surface area contributed by atoms with Crippen LogP contribution in [0.25, 0.3) is 10.4 Å². The van der Waals surface area contributed by atoms with Gasteiger partial charge in [0.1, 0.15) is 10.6 Å². The maximum absolute atomic E-state index is 13.3. The summed E-state index contributed by atoms with van der Waals surface area (Å²) < 4.78 is 5.94. The van der Waals surface area contributed by atoms with Crippen LogP contribution in [0.1, 0.15) is 55.6 Å². The Morgan fingerprint density at radius 1 is 1.00 bits per heavy atom. The van der Waals surface area contributed by atoms with E-state index in [-0.39, 0.29) is 36.3 Å². The fraction of sp³-hybridized carbons (Fsp3) is 0.519. The Balaban J connectivity index is 1.44. The van der Waals surface area contributed by atoms with Crippen molar-refractivity contribution in [1.82, 2.24) is 15.1 Å². The van der Waals surface area contributed by atoms with Crippen molar-refractivity contribution >= 4 is 29.1 Å². The normalized spacial score (nSPS) is 16.9. The number of carbonyl (C=O) groups is 3. The van der Waals surface area contributed by atoms with E-state index in [1.54, 1.807) is 0 Å². The number of piperidine rings is 2. The lowest BCUT2D eigenvalue weighted by molar-refractivity contribution is -0.135. The molecule has 0 aliphatic carbocycles. The van der Waals surface area contributed by atoms with Crippen molar-refractivity contribution in [2.24, 2.45) is 5.92 Å². The van der Waals surface area contributed by atoms with Crippen LogP contribution in [0.5, 0.6) is 5.75 Å². The highest BCUT2D eigenvalue weighted by Crippen LogP contribution is 2.36. The van der Waals surface area contributed by atoms with E-state index in [0.717, 1.165) is 55.6 Å². The number of hydrogen-bond donors (Lipinski definition) is 1. The minimum Gasteiger partial charge on any atom is -0.482 e. The Bertz CT molecular complexity index is 1020. The number of amides is 3. The summed E-state index contributed by atoms with van der Waals surface area (Å²) in [7, 11) is 0. The molecular formula is C27H35N3O4S. The van der Waals surface area contributed by atoms with Crippen molar-refractivity contribution in [2.75, 3.05) is 32.8 Å². The Morgan fingerprint density at radius 3 is 2.34 bits per heavy atom. The summed E-state index contributed by atoms with van der Waals surface area (Å²) in [5.41, 5.74) is 1.00. The molecule has 2 aliphatic rings. The second kappa shape index (κ2) is 11.7. The molecule has 0 unspecified atom stereocenters. The fourth-order valence-corrected chi connectivity index (χ4v) is 5.63. The van der Waals surface area contributed by atoms with E-state index < -0.39 is 0 Å². The van der Waals surface area contributed by atoms with Gasteiger partial charge in [0.05, 0.1) is 0 Å². The minimum absolute atomic E-state index is 0.00354. The highest BCUT2D eigenvalue weighted by Gasteiger charge is 2.27. The van der Waals surface area contributed by atoms with Crippen LogP contribution in [0, 0.1) is 5.92 Å². The van der Waals surface area contributed by atoms with Gasteiger partial charge in [-0.3, -0.25) is 14.4 Å². The first-order valence-corrected chi connectivity index (χ1v) is 13.4. The van der Waals surface area contributed by atoms with Gasteiger partial charge in [-0.15, -0.1) is 11.3 Å². The van der Waals surface area contributed by atoms with E-state index in [1.807, 2.05) is 60.0 Å². The summed E-state index contributed by atoms with van der Waals surface area (Å²) in [6, 6.07) is 11.7. The third-order valence-electron chi connectivity index (χ3n) is 6.66. The predicted molar refractivity (Wildman–Crippen MR) is 138 cm³/mol. The number of hydrogen-bond acceptors (Lipinski definition) is 5. The van der Waals surface area contributed by atoms with Crippen LogP contribution < -0.4 is 10.1 Å². The van der Waals surface area contributed by atoms with E-state index in [2.05, 4.69) is 5.32 Å². The molecule has 4 rings (SSSR count). The summed E-state index contributed by atoms with van der Waals surface area (Å²) in [6.07, 6.45) is 4.66. The standard InChI is InChI=1S/C27H35N3O4S/c1-19(2)27(33)30-15-11-21(12-16-30)28-26(32)25-22(17-23(35-25)20-9-5-3-6-10-20)34-18-24(31)29-13-7-4-8-14-29/h3,5-6,9-10,17,19,21H,4,7-8,11-16,18H2,1-2H3,(H,28,32). The van der Waals surface area contributed by atoms with Gasteiger partial charge >= 0.3 is 0 Å². The minimum atomic E-state index is -0.189. The molecule has 2 aromatic rings. The van der Waals surface area contributed by atoms with Gasteiger partial charge in [0.25, 0.3) is 11.8 Å². The van der Waals surface area contributed by atoms with Crippen molar-refractivity contribution < 1.29 is 19.1 Å². The molecule has 3 amide bonds. The van der Waals surface area contributed by atoms with Crippen LogP contribution in [0.15, 0.2) is 36.4 Å². The lowest BCUT2D eigenvalue weighted by atomic mass is 10.0. The van der Waals surface area contributed by atoms with Crippen LogP contribution in [-0.2, 0) is 9.59 Å². The van der Waals surface area contributed by atoms with Crippen molar-refractivity contribution in [3.05, 3.63) is 41.3 Å². The molecule has 0 saturated carbocycles. The molecule has 0 spiro atoms. The lowest BCUT2D eigenvalue weighted by Crippen LogP contribution is -2.47. The summed E-state index contributed by atoms with van der Waals surface area (Å²) in [5.74, 6) is 0.367. The molecule has 2 aliphatic heterocycles.